The van der Waals surface area contributed by atoms with Gasteiger partial charge in [-0.05, 0) is 24.3 Å². The van der Waals surface area contributed by atoms with Gasteiger partial charge in [-0.15, -0.1) is 0 Å². The lowest BCUT2D eigenvalue weighted by atomic mass is 9.84. The van der Waals surface area contributed by atoms with Crippen molar-refractivity contribution in [2.75, 3.05) is 39.5 Å². The molecular weight excluding hydrogens is 461 g/mol. The third kappa shape index (κ3) is 4.24. The molecule has 0 spiro atoms. The van der Waals surface area contributed by atoms with Crippen molar-refractivity contribution in [3.63, 3.8) is 0 Å². The lowest BCUT2D eigenvalue weighted by Gasteiger charge is -2.38. The van der Waals surface area contributed by atoms with Crippen LogP contribution in [0.2, 0.25) is 0 Å². The summed E-state index contributed by atoms with van der Waals surface area (Å²) in [5, 5.41) is 6.37. The van der Waals surface area contributed by atoms with E-state index in [9.17, 15) is 14.0 Å². The molecule has 3 fully saturated rings. The maximum absolute atomic E-state index is 13.6. The second kappa shape index (κ2) is 9.78. The number of fused-ring (bicyclic) bond motifs is 1. The number of alkyl halides is 1. The van der Waals surface area contributed by atoms with Gasteiger partial charge in [-0.3, -0.25) is 19.1 Å². The average Bonchev–Trinajstić information content (AvgIpc) is 3.29. The van der Waals surface area contributed by atoms with Gasteiger partial charge in [-0.25, -0.2) is 9.50 Å². The molecule has 8 nitrogen and oxygen atoms in total. The van der Waals surface area contributed by atoms with Gasteiger partial charge < -0.3 is 15.0 Å². The summed E-state index contributed by atoms with van der Waals surface area (Å²) in [5.41, 5.74) is 3.56. The number of aromatic nitrogens is 3. The molecule has 2 aromatic heterocycles. The molecule has 2 aliphatic heterocycles. The Hall–Kier alpha value is -3.04. The molecule has 36 heavy (non-hydrogen) atoms. The molecule has 1 unspecified atom stereocenters. The van der Waals surface area contributed by atoms with Crippen molar-refractivity contribution in [2.45, 2.75) is 44.1 Å². The maximum Gasteiger partial charge on any atom is 0.273 e. The zero-order valence-electron chi connectivity index (χ0n) is 20.3. The van der Waals surface area contributed by atoms with E-state index in [1.54, 1.807) is 4.90 Å². The van der Waals surface area contributed by atoms with Crippen LogP contribution < -0.4 is 10.9 Å². The van der Waals surface area contributed by atoms with Gasteiger partial charge in [0.1, 0.15) is 11.7 Å². The highest BCUT2D eigenvalue weighted by Crippen LogP contribution is 2.34. The fourth-order valence-corrected chi connectivity index (χ4v) is 5.75. The topological polar surface area (TPSA) is 91.7 Å². The Balaban J connectivity index is 1.39. The number of ether oxygens (including phenoxy) is 1. The SMILES string of the molecule is O=C(c1c(C2CNCCO2)[nH]n2c(=O)cc(-c3ccc(C4CCCCC4)cc3)nc12)N1CC(CF)C1. The van der Waals surface area contributed by atoms with E-state index in [4.69, 9.17) is 9.72 Å². The molecule has 1 aliphatic carbocycles. The number of carbonyl (C=O) groups is 1. The van der Waals surface area contributed by atoms with E-state index in [1.807, 2.05) is 12.1 Å². The molecule has 4 heterocycles. The molecule has 1 saturated carbocycles. The molecule has 190 valence electrons. The maximum atomic E-state index is 13.6. The number of morpholine rings is 1. The zero-order chi connectivity index (χ0) is 24.6. The Labute approximate surface area is 208 Å². The Morgan fingerprint density at radius 2 is 1.92 bits per heavy atom. The third-order valence-electron chi connectivity index (χ3n) is 7.85. The van der Waals surface area contributed by atoms with E-state index in [1.165, 1.54) is 48.2 Å². The first kappa shape index (κ1) is 23.4. The number of hydrogen-bond acceptors (Lipinski definition) is 5. The predicted molar refractivity (Wildman–Crippen MR) is 134 cm³/mol. The van der Waals surface area contributed by atoms with Crippen LogP contribution in [-0.2, 0) is 4.74 Å². The monoisotopic (exact) mass is 493 g/mol. The Morgan fingerprint density at radius 3 is 2.61 bits per heavy atom. The molecule has 6 rings (SSSR count). The van der Waals surface area contributed by atoms with Crippen LogP contribution in [0.15, 0.2) is 35.1 Å². The van der Waals surface area contributed by atoms with E-state index in [0.29, 0.717) is 49.1 Å². The Morgan fingerprint density at radius 1 is 1.14 bits per heavy atom. The quantitative estimate of drug-likeness (QED) is 0.568. The van der Waals surface area contributed by atoms with E-state index >= 15 is 0 Å². The summed E-state index contributed by atoms with van der Waals surface area (Å²) in [5.74, 6) is 0.211. The fraction of sp³-hybridized carbons (Fsp3) is 0.519. The van der Waals surface area contributed by atoms with Crippen LogP contribution in [0.3, 0.4) is 0 Å². The largest absolute Gasteiger partial charge is 0.369 e. The molecule has 2 N–H and O–H groups in total. The summed E-state index contributed by atoms with van der Waals surface area (Å²) in [6.07, 6.45) is 5.90. The van der Waals surface area contributed by atoms with Gasteiger partial charge in [0, 0.05) is 43.7 Å². The number of nitrogens with one attached hydrogen (secondary N) is 2. The van der Waals surface area contributed by atoms with Crippen LogP contribution in [0.4, 0.5) is 4.39 Å². The van der Waals surface area contributed by atoms with Crippen molar-refractivity contribution >= 4 is 11.6 Å². The number of nitrogens with zero attached hydrogens (tertiary/aromatic N) is 3. The van der Waals surface area contributed by atoms with Gasteiger partial charge >= 0.3 is 0 Å². The van der Waals surface area contributed by atoms with E-state index in [-0.39, 0.29) is 23.0 Å². The summed E-state index contributed by atoms with van der Waals surface area (Å²) < 4.78 is 20.3. The molecule has 2 saturated heterocycles. The Kier molecular flexibility index (Phi) is 6.35. The average molecular weight is 494 g/mol. The molecular formula is C27H32FN5O3. The van der Waals surface area contributed by atoms with Gasteiger partial charge in [0.05, 0.1) is 24.7 Å². The van der Waals surface area contributed by atoms with E-state index in [2.05, 4.69) is 22.5 Å². The van der Waals surface area contributed by atoms with Crippen molar-refractivity contribution in [3.8, 4) is 11.3 Å². The highest BCUT2D eigenvalue weighted by molar-refractivity contribution is 6.01. The van der Waals surface area contributed by atoms with Crippen LogP contribution in [0.5, 0.6) is 0 Å². The van der Waals surface area contributed by atoms with Crippen molar-refractivity contribution in [1.82, 2.24) is 24.8 Å². The second-order valence-corrected chi connectivity index (χ2v) is 10.3. The lowest BCUT2D eigenvalue weighted by molar-refractivity contribution is 0.0226. The third-order valence-corrected chi connectivity index (χ3v) is 7.85. The second-order valence-electron chi connectivity index (χ2n) is 10.3. The van der Waals surface area contributed by atoms with Crippen LogP contribution in [0.25, 0.3) is 16.9 Å². The van der Waals surface area contributed by atoms with Crippen LogP contribution in [0.1, 0.15) is 65.7 Å². The summed E-state index contributed by atoms with van der Waals surface area (Å²) in [7, 11) is 0. The molecule has 0 radical (unpaired) electrons. The molecule has 1 atom stereocenters. The minimum Gasteiger partial charge on any atom is -0.369 e. The number of likely N-dealkylation sites (tertiary alicyclic amines) is 1. The molecule has 9 heteroatoms. The first-order valence-corrected chi connectivity index (χ1v) is 13.1. The molecule has 3 aromatic rings. The van der Waals surface area contributed by atoms with Gasteiger partial charge in [0.15, 0.2) is 5.65 Å². The summed E-state index contributed by atoms with van der Waals surface area (Å²) in [6.45, 7) is 2.03. The van der Waals surface area contributed by atoms with Crippen LogP contribution in [-0.4, -0.2) is 64.9 Å². The predicted octanol–water partition coefficient (Wildman–Crippen LogP) is 3.44. The number of H-pyrrole nitrogens is 1. The highest BCUT2D eigenvalue weighted by atomic mass is 19.1. The molecule has 0 bridgehead atoms. The van der Waals surface area contributed by atoms with Crippen LogP contribution >= 0.6 is 0 Å². The zero-order valence-corrected chi connectivity index (χ0v) is 20.3. The minimum atomic E-state index is -0.446. The number of rotatable bonds is 5. The van der Waals surface area contributed by atoms with Crippen molar-refractivity contribution in [2.24, 2.45) is 5.92 Å². The van der Waals surface area contributed by atoms with Crippen molar-refractivity contribution in [1.29, 1.82) is 0 Å². The number of amides is 1. The van der Waals surface area contributed by atoms with E-state index in [0.717, 1.165) is 12.1 Å². The van der Waals surface area contributed by atoms with Gasteiger partial charge in [0.25, 0.3) is 11.5 Å². The normalized spacial score (nSPS) is 21.6. The van der Waals surface area contributed by atoms with Crippen LogP contribution in [0, 0.1) is 5.92 Å². The van der Waals surface area contributed by atoms with Crippen molar-refractivity contribution < 1.29 is 13.9 Å². The van der Waals surface area contributed by atoms with E-state index < -0.39 is 12.8 Å². The van der Waals surface area contributed by atoms with Gasteiger partial charge in [-0.1, -0.05) is 43.5 Å². The number of carbonyl (C=O) groups excluding carboxylic acids is 1. The van der Waals surface area contributed by atoms with Gasteiger partial charge in [0.2, 0.25) is 0 Å². The molecule has 1 aromatic carbocycles. The fourth-order valence-electron chi connectivity index (χ4n) is 5.75. The minimum absolute atomic E-state index is 0.135. The first-order valence-electron chi connectivity index (χ1n) is 13.1. The van der Waals surface area contributed by atoms with Crippen molar-refractivity contribution in [3.05, 3.63) is 57.5 Å². The standard InChI is InChI=1S/C27H32FN5O3/c28-13-17-15-32(16-17)27(35)24-25(22-14-29-10-11-36-22)31-33-23(34)12-21(30-26(24)33)20-8-6-19(7-9-20)18-4-2-1-3-5-18/h6-9,12,17-18,22,29,31H,1-5,10-11,13-16H2. The van der Waals surface area contributed by atoms with Gasteiger partial charge in [-0.2, -0.15) is 0 Å². The summed E-state index contributed by atoms with van der Waals surface area (Å²) in [6, 6.07) is 9.82. The number of halogens is 1. The molecule has 3 aliphatic rings. The Bertz CT molecular complexity index is 1300. The number of hydrogen-bond donors (Lipinski definition) is 2. The molecule has 1 amide bonds. The highest BCUT2D eigenvalue weighted by Gasteiger charge is 2.36. The first-order chi connectivity index (χ1) is 17.6. The number of aromatic amines is 1. The lowest BCUT2D eigenvalue weighted by Crippen LogP contribution is -2.51. The number of benzene rings is 1. The summed E-state index contributed by atoms with van der Waals surface area (Å²) >= 11 is 0. The smallest absolute Gasteiger partial charge is 0.273 e. The summed E-state index contributed by atoms with van der Waals surface area (Å²) in [4.78, 5) is 33.1.